The maximum Gasteiger partial charge on any atom is 0.244 e. The van der Waals surface area contributed by atoms with Crippen molar-refractivity contribution >= 4 is 22.6 Å². The van der Waals surface area contributed by atoms with Crippen LogP contribution in [0.2, 0.25) is 0 Å². The Kier molecular flexibility index (Phi) is 4.68. The lowest BCUT2D eigenvalue weighted by molar-refractivity contribution is -0.116. The number of benzene rings is 3. The maximum atomic E-state index is 12.5. The Hall–Kier alpha value is -3.44. The van der Waals surface area contributed by atoms with Crippen molar-refractivity contribution in [2.75, 3.05) is 5.32 Å². The van der Waals surface area contributed by atoms with E-state index in [4.69, 9.17) is 0 Å². The summed E-state index contributed by atoms with van der Waals surface area (Å²) in [5.41, 5.74) is 4.55. The Balaban J connectivity index is 1.50. The lowest BCUT2D eigenvalue weighted by Crippen LogP contribution is -2.20. The SMILES string of the molecule is O=C(Cn1c(CO)nc2ccccc21)Nc1ccc(-c2ccccc2)cc1. The largest absolute Gasteiger partial charge is 0.388 e. The van der Waals surface area contributed by atoms with E-state index in [9.17, 15) is 9.90 Å². The summed E-state index contributed by atoms with van der Waals surface area (Å²) < 4.78 is 1.74. The number of fused-ring (bicyclic) bond motifs is 1. The molecule has 0 saturated carbocycles. The molecular formula is C22H19N3O2. The molecule has 134 valence electrons. The van der Waals surface area contributed by atoms with Crippen molar-refractivity contribution in [1.29, 1.82) is 0 Å². The van der Waals surface area contributed by atoms with Gasteiger partial charge in [0.05, 0.1) is 11.0 Å². The van der Waals surface area contributed by atoms with E-state index in [1.807, 2.05) is 78.9 Å². The molecule has 3 aromatic carbocycles. The van der Waals surface area contributed by atoms with E-state index in [0.29, 0.717) is 5.82 Å². The zero-order valence-corrected chi connectivity index (χ0v) is 14.7. The van der Waals surface area contributed by atoms with Gasteiger partial charge in [-0.25, -0.2) is 4.98 Å². The van der Waals surface area contributed by atoms with E-state index in [2.05, 4.69) is 10.3 Å². The average Bonchev–Trinajstić information content (AvgIpc) is 3.07. The second-order valence-electron chi connectivity index (χ2n) is 6.25. The monoisotopic (exact) mass is 357 g/mol. The summed E-state index contributed by atoms with van der Waals surface area (Å²) in [7, 11) is 0. The van der Waals surface area contributed by atoms with Crippen LogP contribution in [-0.4, -0.2) is 20.6 Å². The number of amides is 1. The van der Waals surface area contributed by atoms with Gasteiger partial charge >= 0.3 is 0 Å². The summed E-state index contributed by atoms with van der Waals surface area (Å²) in [6, 6.07) is 25.4. The molecule has 0 spiro atoms. The summed E-state index contributed by atoms with van der Waals surface area (Å²) in [6.45, 7) is -0.120. The van der Waals surface area contributed by atoms with Crippen molar-refractivity contribution in [3.05, 3.63) is 84.7 Å². The molecule has 0 aliphatic rings. The van der Waals surface area contributed by atoms with Crippen molar-refractivity contribution in [1.82, 2.24) is 9.55 Å². The van der Waals surface area contributed by atoms with Gasteiger partial charge in [-0.3, -0.25) is 4.79 Å². The molecule has 0 fully saturated rings. The maximum absolute atomic E-state index is 12.5. The standard InChI is InChI=1S/C22H19N3O2/c26-15-21-24-19-8-4-5-9-20(19)25(21)14-22(27)23-18-12-10-17(11-13-18)16-6-2-1-3-7-16/h1-13,26H,14-15H2,(H,23,27). The fourth-order valence-electron chi connectivity index (χ4n) is 3.14. The van der Waals surface area contributed by atoms with E-state index in [-0.39, 0.29) is 19.1 Å². The number of para-hydroxylation sites is 2. The number of rotatable bonds is 5. The number of nitrogens with zero attached hydrogens (tertiary/aromatic N) is 2. The number of anilines is 1. The van der Waals surface area contributed by atoms with Crippen LogP contribution in [0, 0.1) is 0 Å². The average molecular weight is 357 g/mol. The van der Waals surface area contributed by atoms with Gasteiger partial charge < -0.3 is 15.0 Å². The first kappa shape index (κ1) is 17.0. The van der Waals surface area contributed by atoms with Crippen LogP contribution in [-0.2, 0) is 17.9 Å². The molecule has 4 aromatic rings. The number of imidazole rings is 1. The smallest absolute Gasteiger partial charge is 0.244 e. The van der Waals surface area contributed by atoms with Crippen LogP contribution < -0.4 is 5.32 Å². The predicted octanol–water partition coefficient (Wildman–Crippen LogP) is 3.83. The summed E-state index contributed by atoms with van der Waals surface area (Å²) in [5.74, 6) is 0.311. The number of aliphatic hydroxyl groups is 1. The van der Waals surface area contributed by atoms with E-state index in [0.717, 1.165) is 27.8 Å². The third-order valence-corrected chi connectivity index (χ3v) is 4.45. The minimum absolute atomic E-state index is 0.0941. The molecule has 4 rings (SSSR count). The molecule has 5 nitrogen and oxygen atoms in total. The zero-order chi connectivity index (χ0) is 18.6. The second-order valence-corrected chi connectivity index (χ2v) is 6.25. The molecule has 0 unspecified atom stereocenters. The van der Waals surface area contributed by atoms with Crippen molar-refractivity contribution < 1.29 is 9.90 Å². The van der Waals surface area contributed by atoms with Crippen LogP contribution >= 0.6 is 0 Å². The number of nitrogens with one attached hydrogen (secondary N) is 1. The summed E-state index contributed by atoms with van der Waals surface area (Å²) in [4.78, 5) is 16.9. The fraction of sp³-hybridized carbons (Fsp3) is 0.0909. The minimum Gasteiger partial charge on any atom is -0.388 e. The van der Waals surface area contributed by atoms with Crippen molar-refractivity contribution in [3.63, 3.8) is 0 Å². The Bertz CT molecular complexity index is 1070. The molecule has 0 saturated heterocycles. The molecule has 27 heavy (non-hydrogen) atoms. The molecule has 0 aliphatic carbocycles. The number of aliphatic hydroxyl groups excluding tert-OH is 1. The van der Waals surface area contributed by atoms with Gasteiger partial charge in [-0.2, -0.15) is 0 Å². The molecule has 1 heterocycles. The van der Waals surface area contributed by atoms with Crippen molar-refractivity contribution in [2.45, 2.75) is 13.2 Å². The van der Waals surface area contributed by atoms with Crippen molar-refractivity contribution in [2.24, 2.45) is 0 Å². The molecule has 2 N–H and O–H groups in total. The van der Waals surface area contributed by atoms with E-state index in [1.165, 1.54) is 0 Å². The van der Waals surface area contributed by atoms with E-state index < -0.39 is 0 Å². The third-order valence-electron chi connectivity index (χ3n) is 4.45. The summed E-state index contributed by atoms with van der Waals surface area (Å²) in [6.07, 6.45) is 0. The van der Waals surface area contributed by atoms with Gasteiger partial charge in [-0.1, -0.05) is 54.6 Å². The molecule has 5 heteroatoms. The van der Waals surface area contributed by atoms with E-state index >= 15 is 0 Å². The highest BCUT2D eigenvalue weighted by molar-refractivity contribution is 5.92. The first-order valence-corrected chi connectivity index (χ1v) is 8.75. The van der Waals surface area contributed by atoms with Crippen LogP contribution in [0.4, 0.5) is 5.69 Å². The molecular weight excluding hydrogens is 338 g/mol. The zero-order valence-electron chi connectivity index (χ0n) is 14.7. The number of aromatic nitrogens is 2. The van der Waals surface area contributed by atoms with Crippen LogP contribution in [0.5, 0.6) is 0 Å². The van der Waals surface area contributed by atoms with Crippen LogP contribution in [0.1, 0.15) is 5.82 Å². The molecule has 0 bridgehead atoms. The Morgan fingerprint density at radius 1 is 0.889 bits per heavy atom. The lowest BCUT2D eigenvalue weighted by atomic mass is 10.1. The first-order valence-electron chi connectivity index (χ1n) is 8.75. The van der Waals surface area contributed by atoms with Gasteiger partial charge in [-0.15, -0.1) is 0 Å². The molecule has 1 amide bonds. The van der Waals surface area contributed by atoms with Crippen LogP contribution in [0.15, 0.2) is 78.9 Å². The number of hydrogen-bond donors (Lipinski definition) is 2. The second kappa shape index (κ2) is 7.43. The number of carbonyl (C=O) groups is 1. The highest BCUT2D eigenvalue weighted by Crippen LogP contribution is 2.21. The Morgan fingerprint density at radius 2 is 1.56 bits per heavy atom. The van der Waals surface area contributed by atoms with Crippen molar-refractivity contribution in [3.8, 4) is 11.1 Å². The normalized spacial score (nSPS) is 10.9. The summed E-state index contributed by atoms with van der Waals surface area (Å²) >= 11 is 0. The topological polar surface area (TPSA) is 67.2 Å². The van der Waals surface area contributed by atoms with Crippen LogP contribution in [0.25, 0.3) is 22.2 Å². The van der Waals surface area contributed by atoms with Gasteiger partial charge in [-0.05, 0) is 35.4 Å². The molecule has 1 aromatic heterocycles. The fourth-order valence-corrected chi connectivity index (χ4v) is 3.14. The quantitative estimate of drug-likeness (QED) is 0.570. The molecule has 0 radical (unpaired) electrons. The summed E-state index contributed by atoms with van der Waals surface area (Å²) in [5, 5.41) is 12.5. The van der Waals surface area contributed by atoms with Gasteiger partial charge in [0.1, 0.15) is 19.0 Å². The Morgan fingerprint density at radius 3 is 2.30 bits per heavy atom. The highest BCUT2D eigenvalue weighted by Gasteiger charge is 2.13. The number of carbonyl (C=O) groups excluding carboxylic acids is 1. The van der Waals surface area contributed by atoms with Gasteiger partial charge in [0, 0.05) is 5.69 Å². The Labute approximate surface area is 156 Å². The van der Waals surface area contributed by atoms with E-state index in [1.54, 1.807) is 4.57 Å². The lowest BCUT2D eigenvalue weighted by Gasteiger charge is -2.10. The minimum atomic E-state index is -0.215. The highest BCUT2D eigenvalue weighted by atomic mass is 16.3. The number of hydrogen-bond acceptors (Lipinski definition) is 3. The molecule has 0 aliphatic heterocycles. The van der Waals surface area contributed by atoms with Crippen LogP contribution in [0.3, 0.4) is 0 Å². The van der Waals surface area contributed by atoms with Gasteiger partial charge in [0.25, 0.3) is 0 Å². The van der Waals surface area contributed by atoms with Gasteiger partial charge in [0.15, 0.2) is 0 Å². The first-order chi connectivity index (χ1) is 13.2. The molecule has 0 atom stereocenters. The van der Waals surface area contributed by atoms with Gasteiger partial charge in [0.2, 0.25) is 5.91 Å². The predicted molar refractivity (Wildman–Crippen MR) is 106 cm³/mol. The third kappa shape index (κ3) is 3.59.